The number of nitrogens with zero attached hydrogens (tertiary/aromatic N) is 2. The van der Waals surface area contributed by atoms with E-state index in [1.54, 1.807) is 9.80 Å². The van der Waals surface area contributed by atoms with Crippen LogP contribution in [0.4, 0.5) is 4.79 Å². The number of allylic oxidation sites excluding steroid dienone is 4. The summed E-state index contributed by atoms with van der Waals surface area (Å²) in [6.07, 6.45) is 40.6. The van der Waals surface area contributed by atoms with Crippen LogP contribution in [0.3, 0.4) is 0 Å². The number of amides is 2. The molecular weight excluding hydrogens is 440 g/mol. The monoisotopic (exact) mass is 500 g/mol. The van der Waals surface area contributed by atoms with Gasteiger partial charge in [-0.15, -0.1) is 0 Å². The third kappa shape index (κ3) is 21.5. The number of hydrogen-bond acceptors (Lipinski definition) is 1. The Kier molecular flexibility index (Phi) is 26.4. The van der Waals surface area contributed by atoms with Crippen LogP contribution in [0, 0.1) is 0 Å². The minimum atomic E-state index is -0.000710. The van der Waals surface area contributed by atoms with Gasteiger partial charge in [0.1, 0.15) is 0 Å². The van der Waals surface area contributed by atoms with E-state index in [2.05, 4.69) is 52.0 Å². The van der Waals surface area contributed by atoms with Crippen molar-refractivity contribution in [2.24, 2.45) is 0 Å². The van der Waals surface area contributed by atoms with Crippen LogP contribution in [-0.2, 0) is 0 Å². The lowest BCUT2D eigenvalue weighted by molar-refractivity contribution is 0.209. The molecule has 0 unspecified atom stereocenters. The normalized spacial score (nSPS) is 12.1. The Balaban J connectivity index is 5.27. The molecule has 0 spiro atoms. The van der Waals surface area contributed by atoms with Gasteiger partial charge in [0.15, 0.2) is 0 Å². The van der Waals surface area contributed by atoms with Crippen molar-refractivity contribution in [1.82, 2.24) is 9.80 Å². The highest BCUT2D eigenvalue weighted by Crippen LogP contribution is 2.11. The van der Waals surface area contributed by atoms with Crippen molar-refractivity contribution >= 4 is 6.03 Å². The molecule has 0 bridgehead atoms. The van der Waals surface area contributed by atoms with Crippen LogP contribution in [0.1, 0.15) is 156 Å². The smallest absolute Gasteiger partial charge is 0.277 e. The highest BCUT2D eigenvalue weighted by atomic mass is 16.2. The fraction of sp³-hybridized carbons (Fsp3) is 0.727. The van der Waals surface area contributed by atoms with Crippen LogP contribution >= 0.6 is 0 Å². The first kappa shape index (κ1) is 34.2. The molecule has 0 aromatic rings. The largest absolute Gasteiger partial charge is 0.336 e. The van der Waals surface area contributed by atoms with E-state index in [0.717, 1.165) is 25.7 Å². The van der Waals surface area contributed by atoms with E-state index in [1.807, 2.05) is 24.8 Å². The van der Waals surface area contributed by atoms with Crippen LogP contribution in [0.25, 0.3) is 0 Å². The van der Waals surface area contributed by atoms with Gasteiger partial charge >= 0.3 is 6.03 Å². The maximum Gasteiger partial charge on any atom is 0.336 e. The Hall–Kier alpha value is -1.77. The van der Waals surface area contributed by atoms with Gasteiger partial charge in [0.05, 0.1) is 0 Å². The summed E-state index contributed by atoms with van der Waals surface area (Å²) < 4.78 is 0. The van der Waals surface area contributed by atoms with Crippen molar-refractivity contribution in [2.75, 3.05) is 0 Å². The van der Waals surface area contributed by atoms with E-state index in [-0.39, 0.29) is 6.03 Å². The molecule has 3 nitrogen and oxygen atoms in total. The molecule has 0 rings (SSSR count). The quantitative estimate of drug-likeness (QED) is 0.121. The average Bonchev–Trinajstić information content (AvgIpc) is 2.89. The molecule has 0 aliphatic carbocycles. The second-order valence-electron chi connectivity index (χ2n) is 10.0. The zero-order valence-corrected chi connectivity index (χ0v) is 24.6. The molecule has 3 heteroatoms. The van der Waals surface area contributed by atoms with Gasteiger partial charge in [0.2, 0.25) is 0 Å². The second-order valence-corrected chi connectivity index (χ2v) is 10.0. The number of urea groups is 1. The van der Waals surface area contributed by atoms with Crippen LogP contribution < -0.4 is 0 Å². The van der Waals surface area contributed by atoms with Gasteiger partial charge in [-0.25, -0.2) is 4.79 Å². The summed E-state index contributed by atoms with van der Waals surface area (Å²) in [7, 11) is 0. The first-order valence-electron chi connectivity index (χ1n) is 15.5. The van der Waals surface area contributed by atoms with Gasteiger partial charge in [0.25, 0.3) is 0 Å². The molecule has 208 valence electrons. The Morgan fingerprint density at radius 2 is 0.667 bits per heavy atom. The van der Waals surface area contributed by atoms with Crippen molar-refractivity contribution in [3.63, 3.8) is 0 Å². The Morgan fingerprint density at radius 1 is 0.417 bits per heavy atom. The maximum atomic E-state index is 13.6. The third-order valence-corrected chi connectivity index (χ3v) is 6.40. The Morgan fingerprint density at radius 3 is 0.889 bits per heavy atom. The molecule has 0 saturated carbocycles. The molecule has 0 fully saturated rings. The van der Waals surface area contributed by atoms with Crippen molar-refractivity contribution in [1.29, 1.82) is 0 Å². The van der Waals surface area contributed by atoms with E-state index in [1.165, 1.54) is 103 Å². The van der Waals surface area contributed by atoms with E-state index >= 15 is 0 Å². The van der Waals surface area contributed by atoms with Gasteiger partial charge < -0.3 is 0 Å². The molecular formula is C33H60N2O. The zero-order chi connectivity index (χ0) is 26.5. The summed E-state index contributed by atoms with van der Waals surface area (Å²) in [6.45, 7) is 8.96. The van der Waals surface area contributed by atoms with E-state index in [9.17, 15) is 4.79 Å². The summed E-state index contributed by atoms with van der Waals surface area (Å²) in [6, 6.07) is -0.000710. The van der Waals surface area contributed by atoms with Gasteiger partial charge in [-0.1, -0.05) is 129 Å². The van der Waals surface area contributed by atoms with Crippen LogP contribution in [0.15, 0.2) is 49.1 Å². The van der Waals surface area contributed by atoms with E-state index < -0.39 is 0 Å². The summed E-state index contributed by atoms with van der Waals surface area (Å²) >= 11 is 0. The maximum absolute atomic E-state index is 13.6. The van der Waals surface area contributed by atoms with E-state index in [0.29, 0.717) is 0 Å². The van der Waals surface area contributed by atoms with Gasteiger partial charge in [-0.3, -0.25) is 9.80 Å². The van der Waals surface area contributed by atoms with Gasteiger partial charge in [-0.2, -0.15) is 0 Å². The highest BCUT2D eigenvalue weighted by molar-refractivity contribution is 5.78. The fourth-order valence-electron chi connectivity index (χ4n) is 4.00. The third-order valence-electron chi connectivity index (χ3n) is 6.40. The number of rotatable bonds is 24. The van der Waals surface area contributed by atoms with Crippen molar-refractivity contribution < 1.29 is 4.79 Å². The lowest BCUT2D eigenvalue weighted by Gasteiger charge is -2.21. The molecule has 0 atom stereocenters. The lowest BCUT2D eigenvalue weighted by atomic mass is 10.1. The van der Waals surface area contributed by atoms with Crippen molar-refractivity contribution in [3.8, 4) is 0 Å². The summed E-state index contributed by atoms with van der Waals surface area (Å²) in [5.74, 6) is 0. The van der Waals surface area contributed by atoms with Crippen LogP contribution in [0.2, 0.25) is 0 Å². The Labute approximate surface area is 225 Å². The van der Waals surface area contributed by atoms with Crippen LogP contribution in [0.5, 0.6) is 0 Å². The van der Waals surface area contributed by atoms with Gasteiger partial charge in [0, 0.05) is 24.8 Å². The zero-order valence-electron chi connectivity index (χ0n) is 24.6. The predicted octanol–water partition coefficient (Wildman–Crippen LogP) is 11.6. The predicted molar refractivity (Wildman–Crippen MR) is 161 cm³/mol. The average molecular weight is 501 g/mol. The summed E-state index contributed by atoms with van der Waals surface area (Å²) in [5, 5.41) is 0. The number of hydrogen-bond donors (Lipinski definition) is 0. The minimum Gasteiger partial charge on any atom is -0.277 e. The van der Waals surface area contributed by atoms with Crippen LogP contribution in [-0.4, -0.2) is 15.8 Å². The SMILES string of the molecule is CCCCCCC=CN(C=CCCCCCC)C(=O)N(C=CCCCCCC)C=CCCCCCC. The summed E-state index contributed by atoms with van der Waals surface area (Å²) in [4.78, 5) is 17.1. The number of carbonyl (C=O) groups is 1. The first-order valence-corrected chi connectivity index (χ1v) is 15.5. The van der Waals surface area contributed by atoms with Crippen molar-refractivity contribution in [2.45, 2.75) is 156 Å². The standard InChI is InChI=1S/C33H60N2O/c1-5-9-13-17-21-25-29-34(30-26-22-18-14-10-6-2)33(36)35(31-27-23-19-15-11-7-3)32-28-24-20-16-12-8-4/h25-32H,5-24H2,1-4H3. The molecule has 0 aliphatic rings. The molecule has 0 aromatic carbocycles. The topological polar surface area (TPSA) is 23.6 Å². The molecule has 0 radical (unpaired) electrons. The minimum absolute atomic E-state index is 0.000710. The second kappa shape index (κ2) is 27.8. The molecule has 36 heavy (non-hydrogen) atoms. The van der Waals surface area contributed by atoms with E-state index in [4.69, 9.17) is 0 Å². The van der Waals surface area contributed by atoms with Crippen molar-refractivity contribution in [3.05, 3.63) is 49.1 Å². The molecule has 0 aliphatic heterocycles. The molecule has 0 aromatic heterocycles. The fourth-order valence-corrected chi connectivity index (χ4v) is 4.00. The molecule has 0 saturated heterocycles. The first-order chi connectivity index (χ1) is 17.7. The number of carbonyl (C=O) groups excluding carboxylic acids is 1. The Bertz CT molecular complexity index is 496. The summed E-state index contributed by atoms with van der Waals surface area (Å²) in [5.41, 5.74) is 0. The molecule has 2 amide bonds. The van der Waals surface area contributed by atoms with Gasteiger partial charge in [-0.05, 0) is 51.4 Å². The highest BCUT2D eigenvalue weighted by Gasteiger charge is 2.13. The number of unbranched alkanes of at least 4 members (excludes halogenated alkanes) is 16. The molecule has 0 N–H and O–H groups in total. The molecule has 0 heterocycles. The lowest BCUT2D eigenvalue weighted by Crippen LogP contribution is -2.31.